The van der Waals surface area contributed by atoms with Crippen LogP contribution in [0.5, 0.6) is 0 Å². The molecule has 1 aromatic heterocycles. The van der Waals surface area contributed by atoms with Crippen LogP contribution >= 0.6 is 0 Å². The molecular formula is C56H71FN6O11. The molecule has 0 bridgehead atoms. The SMILES string of the molecule is CCN(CC)CCNC(=O)c1c(C)[nH]c(/C=C2\C(=O)N(C(=O)OCC3c4cc(NC(=O)CCCC(=O)NCCOCCCOC)ccc4-c4ccc(C(=O)CCCOC(C)CCO)cc43)c3ccc(F)cc32)c1C. The summed E-state index contributed by atoms with van der Waals surface area (Å²) in [6.07, 6.45) is 2.83. The molecule has 1 aliphatic carbocycles. The Labute approximate surface area is 432 Å². The summed E-state index contributed by atoms with van der Waals surface area (Å²) in [4.78, 5) is 87.5. The molecule has 398 valence electrons. The fourth-order valence-electron chi connectivity index (χ4n) is 9.27. The van der Waals surface area contributed by atoms with Gasteiger partial charge in [0.05, 0.1) is 29.5 Å². The van der Waals surface area contributed by atoms with Gasteiger partial charge in [0, 0.05) is 107 Å². The number of methoxy groups -OCH3 is 1. The zero-order valence-electron chi connectivity index (χ0n) is 43.5. The molecule has 1 aliphatic heterocycles. The van der Waals surface area contributed by atoms with E-state index in [-0.39, 0.29) is 78.9 Å². The number of amides is 5. The van der Waals surface area contributed by atoms with Gasteiger partial charge in [-0.3, -0.25) is 24.0 Å². The molecule has 0 saturated carbocycles. The van der Waals surface area contributed by atoms with E-state index in [1.807, 2.05) is 19.1 Å². The number of rotatable bonds is 29. The van der Waals surface area contributed by atoms with Crippen molar-refractivity contribution in [2.45, 2.75) is 91.6 Å². The van der Waals surface area contributed by atoms with Crippen molar-refractivity contribution < 1.29 is 57.2 Å². The zero-order chi connectivity index (χ0) is 53.3. The van der Waals surface area contributed by atoms with Gasteiger partial charge in [-0.2, -0.15) is 0 Å². The molecule has 4 aromatic rings. The van der Waals surface area contributed by atoms with Crippen LogP contribution in [-0.4, -0.2) is 136 Å². The van der Waals surface area contributed by atoms with Crippen LogP contribution in [0.2, 0.25) is 0 Å². The number of nitrogens with one attached hydrogen (secondary N) is 4. The molecule has 18 heteroatoms. The average Bonchev–Trinajstić information content (AvgIpc) is 3.95. The molecule has 2 atom stereocenters. The van der Waals surface area contributed by atoms with Gasteiger partial charge < -0.3 is 49.9 Å². The van der Waals surface area contributed by atoms with Gasteiger partial charge in [0.1, 0.15) is 12.4 Å². The van der Waals surface area contributed by atoms with Crippen molar-refractivity contribution in [2.75, 3.05) is 89.7 Å². The maximum atomic E-state index is 14.9. The highest BCUT2D eigenvalue weighted by atomic mass is 19.1. The van der Waals surface area contributed by atoms with Crippen molar-refractivity contribution >= 4 is 58.5 Å². The quantitative estimate of drug-likeness (QED) is 0.0201. The van der Waals surface area contributed by atoms with Crippen LogP contribution in [0, 0.1) is 19.7 Å². The van der Waals surface area contributed by atoms with Crippen molar-refractivity contribution in [1.29, 1.82) is 0 Å². The number of nitrogens with zero attached hydrogens (tertiary/aromatic N) is 2. The van der Waals surface area contributed by atoms with Crippen molar-refractivity contribution in [3.05, 3.63) is 105 Å². The molecule has 6 rings (SSSR count). The molecule has 5 amide bonds. The average molecular weight is 1020 g/mol. The van der Waals surface area contributed by atoms with Crippen LogP contribution in [0.1, 0.15) is 126 Å². The second-order valence-corrected chi connectivity index (χ2v) is 18.5. The number of carbonyl (C=O) groups excluding carboxylic acids is 6. The number of ether oxygens (including phenoxy) is 4. The number of Topliss-reactive ketones (excluding diaryl/α,β-unsaturated/α-hetero) is 1. The molecule has 2 heterocycles. The van der Waals surface area contributed by atoms with E-state index >= 15 is 0 Å². The van der Waals surface area contributed by atoms with Crippen LogP contribution in [0.25, 0.3) is 22.8 Å². The first kappa shape index (κ1) is 56.7. The molecule has 5 N–H and O–H groups in total. The molecule has 0 saturated heterocycles. The number of aromatic nitrogens is 1. The smallest absolute Gasteiger partial charge is 0.421 e. The van der Waals surface area contributed by atoms with Crippen molar-refractivity contribution in [1.82, 2.24) is 20.5 Å². The first-order valence-corrected chi connectivity index (χ1v) is 25.6. The minimum absolute atomic E-state index is 0.00416. The molecule has 17 nitrogen and oxygen atoms in total. The second-order valence-electron chi connectivity index (χ2n) is 18.5. The Hall–Kier alpha value is -6.57. The summed E-state index contributed by atoms with van der Waals surface area (Å²) in [5, 5.41) is 17.9. The van der Waals surface area contributed by atoms with Crippen molar-refractivity contribution in [3.8, 4) is 11.1 Å². The van der Waals surface area contributed by atoms with Crippen molar-refractivity contribution in [3.63, 3.8) is 0 Å². The van der Waals surface area contributed by atoms with Gasteiger partial charge >= 0.3 is 6.09 Å². The zero-order valence-corrected chi connectivity index (χ0v) is 43.5. The number of ketones is 1. The van der Waals surface area contributed by atoms with Gasteiger partial charge in [0.25, 0.3) is 11.8 Å². The van der Waals surface area contributed by atoms with E-state index in [9.17, 15) is 38.3 Å². The van der Waals surface area contributed by atoms with E-state index in [1.165, 1.54) is 18.2 Å². The highest BCUT2D eigenvalue weighted by molar-refractivity contribution is 6.41. The normalized spacial score (nSPS) is 14.5. The standard InChI is InChI=1S/C56H71FN6O11/c1-7-62(8-2)24-22-59-54(68)53-36(4)48(60-37(53)5)33-46-45-31-39(57)16-20-49(45)63(55(46)69)56(70)74-34-47-43-30-38(50(65)12-10-28-73-35(3)21-25-64)15-18-41(43)42-19-17-40(32-44(42)47)61-52(67)14-9-13-51(66)58-23-29-72-27-11-26-71-6/h15-20,30-33,35,47,60,64H,7-14,21-29,34H2,1-6H3,(H,58,66)(H,59,68)(H,61,67)/b46-33-. The number of imide groups is 1. The maximum Gasteiger partial charge on any atom is 0.421 e. The van der Waals surface area contributed by atoms with E-state index in [2.05, 4.69) is 39.7 Å². The Kier molecular flexibility index (Phi) is 21.2. The van der Waals surface area contributed by atoms with Crippen LogP contribution in [0.3, 0.4) is 0 Å². The number of hydrogen-bond donors (Lipinski definition) is 5. The fraction of sp³-hybridized carbons (Fsp3) is 0.464. The first-order valence-electron chi connectivity index (χ1n) is 25.6. The number of anilines is 2. The van der Waals surface area contributed by atoms with Gasteiger partial charge in [0.15, 0.2) is 5.78 Å². The summed E-state index contributed by atoms with van der Waals surface area (Å²) in [7, 11) is 1.62. The predicted molar refractivity (Wildman–Crippen MR) is 281 cm³/mol. The number of aromatic amines is 1. The predicted octanol–water partition coefficient (Wildman–Crippen LogP) is 7.71. The Morgan fingerprint density at radius 1 is 0.851 bits per heavy atom. The lowest BCUT2D eigenvalue weighted by atomic mass is 9.94. The number of aryl methyl sites for hydroxylation is 1. The number of aliphatic hydroxyl groups excluding tert-OH is 1. The largest absolute Gasteiger partial charge is 0.448 e. The minimum Gasteiger partial charge on any atom is -0.448 e. The maximum absolute atomic E-state index is 14.9. The van der Waals surface area contributed by atoms with Gasteiger partial charge in [-0.05, 0) is 130 Å². The number of fused-ring (bicyclic) bond motifs is 4. The number of carbonyl (C=O) groups is 6. The number of halogens is 1. The molecule has 0 radical (unpaired) electrons. The Bertz CT molecular complexity index is 2680. The summed E-state index contributed by atoms with van der Waals surface area (Å²) >= 11 is 0. The number of aliphatic hydroxyl groups is 1. The third kappa shape index (κ3) is 14.6. The number of hydrogen-bond acceptors (Lipinski definition) is 12. The third-order valence-electron chi connectivity index (χ3n) is 13.3. The Morgan fingerprint density at radius 3 is 2.34 bits per heavy atom. The number of likely N-dealkylation sites (N-methyl/N-ethyl adjacent to an activating group) is 1. The molecule has 2 unspecified atom stereocenters. The lowest BCUT2D eigenvalue weighted by molar-refractivity contribution is -0.121. The first-order chi connectivity index (χ1) is 35.7. The highest BCUT2D eigenvalue weighted by Gasteiger charge is 2.40. The summed E-state index contributed by atoms with van der Waals surface area (Å²) < 4.78 is 37.2. The summed E-state index contributed by atoms with van der Waals surface area (Å²) in [5.41, 5.74) is 6.20. The van der Waals surface area contributed by atoms with Gasteiger partial charge in [0.2, 0.25) is 11.8 Å². The topological polar surface area (TPSA) is 218 Å². The van der Waals surface area contributed by atoms with Gasteiger partial charge in [-0.25, -0.2) is 14.1 Å². The van der Waals surface area contributed by atoms with Gasteiger partial charge in [-0.15, -0.1) is 0 Å². The van der Waals surface area contributed by atoms with Crippen molar-refractivity contribution in [2.24, 2.45) is 0 Å². The second kappa shape index (κ2) is 27.6. The molecular weight excluding hydrogens is 952 g/mol. The molecule has 0 fully saturated rings. The van der Waals surface area contributed by atoms with Gasteiger partial charge in [-0.1, -0.05) is 32.0 Å². The van der Waals surface area contributed by atoms with E-state index in [1.54, 1.807) is 45.2 Å². The molecule has 74 heavy (non-hydrogen) atoms. The molecule has 3 aromatic carbocycles. The van der Waals surface area contributed by atoms with Crippen LogP contribution in [0.4, 0.5) is 20.6 Å². The molecule has 2 aliphatic rings. The highest BCUT2D eigenvalue weighted by Crippen LogP contribution is 2.47. The summed E-state index contributed by atoms with van der Waals surface area (Å²) in [6.45, 7) is 14.2. The van der Waals surface area contributed by atoms with Crippen LogP contribution in [-0.2, 0) is 33.3 Å². The third-order valence-corrected chi connectivity index (χ3v) is 13.3. The Balaban J connectivity index is 1.19. The monoisotopic (exact) mass is 1020 g/mol. The number of benzene rings is 3. The lowest BCUT2D eigenvalue weighted by Gasteiger charge is -2.19. The summed E-state index contributed by atoms with van der Waals surface area (Å²) in [6, 6.07) is 14.4. The fourth-order valence-corrected chi connectivity index (χ4v) is 9.27. The van der Waals surface area contributed by atoms with E-state index < -0.39 is 23.7 Å². The van der Waals surface area contributed by atoms with Crippen LogP contribution < -0.4 is 20.9 Å². The summed E-state index contributed by atoms with van der Waals surface area (Å²) in [5.74, 6) is -2.92. The van der Waals surface area contributed by atoms with E-state index in [4.69, 9.17) is 18.9 Å². The minimum atomic E-state index is -1.01. The van der Waals surface area contributed by atoms with Crippen LogP contribution in [0.15, 0.2) is 54.6 Å². The molecule has 0 spiro atoms. The lowest BCUT2D eigenvalue weighted by Crippen LogP contribution is -2.35. The van der Waals surface area contributed by atoms with E-state index in [0.717, 1.165) is 41.6 Å². The van der Waals surface area contributed by atoms with E-state index in [0.29, 0.717) is 110 Å². The Morgan fingerprint density at radius 2 is 1.59 bits per heavy atom. The number of H-pyrrole nitrogens is 1.